The van der Waals surface area contributed by atoms with E-state index in [9.17, 15) is 4.79 Å². The van der Waals surface area contributed by atoms with Crippen molar-refractivity contribution in [2.75, 3.05) is 6.54 Å². The molecule has 0 saturated heterocycles. The van der Waals surface area contributed by atoms with Gasteiger partial charge >= 0.3 is 6.09 Å². The van der Waals surface area contributed by atoms with E-state index in [1.54, 1.807) is 6.20 Å². The van der Waals surface area contributed by atoms with Gasteiger partial charge in [-0.15, -0.1) is 11.3 Å². The Labute approximate surface area is 158 Å². The number of benzene rings is 1. The van der Waals surface area contributed by atoms with Gasteiger partial charge in [0.05, 0.1) is 12.6 Å². The summed E-state index contributed by atoms with van der Waals surface area (Å²) in [4.78, 5) is 17.1. The molecule has 26 heavy (non-hydrogen) atoms. The first-order valence-corrected chi connectivity index (χ1v) is 9.47. The number of nitrogens with one attached hydrogen (secondary N) is 1. The van der Waals surface area contributed by atoms with Crippen molar-refractivity contribution in [2.45, 2.75) is 52.4 Å². The molecule has 0 saturated carbocycles. The topological polar surface area (TPSA) is 86.5 Å². The van der Waals surface area contributed by atoms with Crippen LogP contribution in [-0.4, -0.2) is 29.3 Å². The first kappa shape index (κ1) is 20.2. The molecule has 2 rings (SSSR count). The minimum atomic E-state index is -0.506. The van der Waals surface area contributed by atoms with Crippen LogP contribution in [-0.2, 0) is 11.3 Å². The minimum Gasteiger partial charge on any atom is -0.491 e. The van der Waals surface area contributed by atoms with Crippen LogP contribution in [0.25, 0.3) is 10.6 Å². The number of carbonyl (C=O) groups is 1. The average Bonchev–Trinajstić information content (AvgIpc) is 3.01. The standard InChI is InChI=1S/C19H27N3O3S/c1-13(9-10-20)24-15-7-5-14(6-8-15)17-21-11-16(26-17)12-22-18(23)25-19(2,3)4/h5-8,11,13H,9-10,12,20H2,1-4H3,(H,22,23). The predicted octanol–water partition coefficient (Wildman–Crippen LogP) is 3.95. The molecule has 0 aliphatic heterocycles. The number of carbonyl (C=O) groups excluding carboxylic acids is 1. The van der Waals surface area contributed by atoms with Crippen molar-refractivity contribution in [3.8, 4) is 16.3 Å². The second-order valence-corrected chi connectivity index (χ2v) is 8.13. The summed E-state index contributed by atoms with van der Waals surface area (Å²) in [6, 6.07) is 7.83. The van der Waals surface area contributed by atoms with Crippen LogP contribution in [0.2, 0.25) is 0 Å². The summed E-state index contributed by atoms with van der Waals surface area (Å²) < 4.78 is 11.0. The lowest BCUT2D eigenvalue weighted by molar-refractivity contribution is 0.0524. The molecule has 0 bridgehead atoms. The van der Waals surface area contributed by atoms with E-state index in [0.717, 1.165) is 27.6 Å². The fourth-order valence-electron chi connectivity index (χ4n) is 2.20. The third-order valence-electron chi connectivity index (χ3n) is 3.37. The number of rotatable bonds is 7. The number of alkyl carbamates (subject to hydrolysis) is 1. The fourth-order valence-corrected chi connectivity index (χ4v) is 3.06. The average molecular weight is 378 g/mol. The molecule has 6 nitrogen and oxygen atoms in total. The Hall–Kier alpha value is -2.12. The number of nitrogens with two attached hydrogens (primary N) is 1. The lowest BCUT2D eigenvalue weighted by atomic mass is 10.2. The third-order valence-corrected chi connectivity index (χ3v) is 4.42. The molecular formula is C19H27N3O3S. The summed E-state index contributed by atoms with van der Waals surface area (Å²) in [6.45, 7) is 8.51. The molecular weight excluding hydrogens is 350 g/mol. The number of hydrogen-bond acceptors (Lipinski definition) is 6. The molecule has 0 aliphatic rings. The van der Waals surface area contributed by atoms with Crippen LogP contribution < -0.4 is 15.8 Å². The number of ether oxygens (including phenoxy) is 2. The molecule has 0 spiro atoms. The summed E-state index contributed by atoms with van der Waals surface area (Å²) >= 11 is 1.54. The van der Waals surface area contributed by atoms with E-state index in [1.807, 2.05) is 52.0 Å². The quantitative estimate of drug-likeness (QED) is 0.763. The van der Waals surface area contributed by atoms with Crippen LogP contribution in [0.5, 0.6) is 5.75 Å². The maximum atomic E-state index is 11.7. The molecule has 1 heterocycles. The Morgan fingerprint density at radius 1 is 1.31 bits per heavy atom. The molecule has 0 radical (unpaired) electrons. The van der Waals surface area contributed by atoms with Gasteiger partial charge in [-0.25, -0.2) is 9.78 Å². The Morgan fingerprint density at radius 2 is 2.00 bits per heavy atom. The Balaban J connectivity index is 1.91. The van der Waals surface area contributed by atoms with Gasteiger partial charge in [0.2, 0.25) is 0 Å². The second-order valence-electron chi connectivity index (χ2n) is 7.02. The van der Waals surface area contributed by atoms with Crippen LogP contribution in [0.3, 0.4) is 0 Å². The van der Waals surface area contributed by atoms with Gasteiger partial charge in [0.15, 0.2) is 0 Å². The summed E-state index contributed by atoms with van der Waals surface area (Å²) in [5.74, 6) is 0.818. The van der Waals surface area contributed by atoms with Crippen LogP contribution in [0.1, 0.15) is 39.0 Å². The summed E-state index contributed by atoms with van der Waals surface area (Å²) in [7, 11) is 0. The number of thiazole rings is 1. The van der Waals surface area contributed by atoms with Crippen LogP contribution in [0, 0.1) is 0 Å². The fraction of sp³-hybridized carbons (Fsp3) is 0.474. The van der Waals surface area contributed by atoms with E-state index in [0.29, 0.717) is 13.1 Å². The molecule has 7 heteroatoms. The van der Waals surface area contributed by atoms with Gasteiger partial charge in [0.1, 0.15) is 16.4 Å². The number of hydrogen-bond donors (Lipinski definition) is 2. The molecule has 142 valence electrons. The van der Waals surface area contributed by atoms with Gasteiger partial charge in [-0.05, 0) is 64.9 Å². The van der Waals surface area contributed by atoms with Crippen molar-refractivity contribution in [3.05, 3.63) is 35.3 Å². The van der Waals surface area contributed by atoms with E-state index in [2.05, 4.69) is 10.3 Å². The number of aromatic nitrogens is 1. The van der Waals surface area contributed by atoms with Crippen molar-refractivity contribution < 1.29 is 14.3 Å². The molecule has 0 aliphatic carbocycles. The van der Waals surface area contributed by atoms with Gasteiger partial charge in [0.25, 0.3) is 0 Å². The van der Waals surface area contributed by atoms with E-state index in [4.69, 9.17) is 15.2 Å². The highest BCUT2D eigenvalue weighted by molar-refractivity contribution is 7.15. The van der Waals surface area contributed by atoms with Gasteiger partial charge in [-0.2, -0.15) is 0 Å². The Bertz CT molecular complexity index is 708. The second kappa shape index (κ2) is 9.00. The highest BCUT2D eigenvalue weighted by Crippen LogP contribution is 2.27. The van der Waals surface area contributed by atoms with E-state index in [1.165, 1.54) is 11.3 Å². The minimum absolute atomic E-state index is 0.0937. The van der Waals surface area contributed by atoms with E-state index < -0.39 is 11.7 Å². The molecule has 0 fully saturated rings. The SMILES string of the molecule is CC(CCN)Oc1ccc(-c2ncc(CNC(=O)OC(C)(C)C)s2)cc1. The number of amides is 1. The third kappa shape index (κ3) is 6.65. The van der Waals surface area contributed by atoms with Crippen LogP contribution in [0.4, 0.5) is 4.79 Å². The first-order valence-electron chi connectivity index (χ1n) is 8.65. The lowest BCUT2D eigenvalue weighted by Gasteiger charge is -2.19. The van der Waals surface area contributed by atoms with Crippen molar-refractivity contribution in [2.24, 2.45) is 5.73 Å². The Morgan fingerprint density at radius 3 is 2.62 bits per heavy atom. The molecule has 1 atom stereocenters. The van der Waals surface area contributed by atoms with Crippen molar-refractivity contribution in [1.82, 2.24) is 10.3 Å². The highest BCUT2D eigenvalue weighted by Gasteiger charge is 2.16. The molecule has 2 aromatic rings. The molecule has 3 N–H and O–H groups in total. The van der Waals surface area contributed by atoms with E-state index in [-0.39, 0.29) is 6.10 Å². The zero-order valence-corrected chi connectivity index (χ0v) is 16.6. The lowest BCUT2D eigenvalue weighted by Crippen LogP contribution is -2.31. The maximum Gasteiger partial charge on any atom is 0.407 e. The van der Waals surface area contributed by atoms with Crippen molar-refractivity contribution in [1.29, 1.82) is 0 Å². The van der Waals surface area contributed by atoms with Crippen molar-refractivity contribution >= 4 is 17.4 Å². The molecule has 1 amide bonds. The van der Waals surface area contributed by atoms with Crippen LogP contribution >= 0.6 is 11.3 Å². The zero-order chi connectivity index (χ0) is 19.2. The molecule has 1 aromatic carbocycles. The van der Waals surface area contributed by atoms with Gasteiger partial charge in [0, 0.05) is 16.6 Å². The summed E-state index contributed by atoms with van der Waals surface area (Å²) in [5.41, 5.74) is 6.04. The maximum absolute atomic E-state index is 11.7. The monoisotopic (exact) mass is 377 g/mol. The van der Waals surface area contributed by atoms with Gasteiger partial charge < -0.3 is 20.5 Å². The summed E-state index contributed by atoms with van der Waals surface area (Å²) in [6.07, 6.45) is 2.25. The highest BCUT2D eigenvalue weighted by atomic mass is 32.1. The molecule has 1 aromatic heterocycles. The normalized spacial score (nSPS) is 12.5. The predicted molar refractivity (Wildman–Crippen MR) is 104 cm³/mol. The van der Waals surface area contributed by atoms with Gasteiger partial charge in [-0.1, -0.05) is 0 Å². The number of nitrogens with zero attached hydrogens (tertiary/aromatic N) is 1. The largest absolute Gasteiger partial charge is 0.491 e. The first-order chi connectivity index (χ1) is 12.3. The summed E-state index contributed by atoms with van der Waals surface area (Å²) in [5, 5.41) is 3.64. The zero-order valence-electron chi connectivity index (χ0n) is 15.7. The smallest absolute Gasteiger partial charge is 0.407 e. The van der Waals surface area contributed by atoms with Gasteiger partial charge in [-0.3, -0.25) is 0 Å². The van der Waals surface area contributed by atoms with Crippen molar-refractivity contribution in [3.63, 3.8) is 0 Å². The Kier molecular flexibility index (Phi) is 6.99. The molecule has 1 unspecified atom stereocenters. The van der Waals surface area contributed by atoms with E-state index >= 15 is 0 Å². The van der Waals surface area contributed by atoms with Crippen LogP contribution in [0.15, 0.2) is 30.5 Å².